The maximum atomic E-state index is 12.0. The van der Waals surface area contributed by atoms with E-state index in [-0.39, 0.29) is 18.6 Å². The highest BCUT2D eigenvalue weighted by molar-refractivity contribution is 5.74. The molecule has 2 amide bonds. The molecular formula is C17H29N3O3. The van der Waals surface area contributed by atoms with Gasteiger partial charge in [-0.1, -0.05) is 13.3 Å². The number of carbonyl (C=O) groups excluding carboxylic acids is 1. The maximum Gasteiger partial charge on any atom is 0.315 e. The van der Waals surface area contributed by atoms with E-state index in [2.05, 4.69) is 22.5 Å². The number of piperidine rings is 1. The molecule has 0 radical (unpaired) electrons. The summed E-state index contributed by atoms with van der Waals surface area (Å²) >= 11 is 0. The molecule has 0 bridgehead atoms. The minimum Gasteiger partial charge on any atom is -0.466 e. The zero-order chi connectivity index (χ0) is 16.7. The average Bonchev–Trinajstić information content (AvgIpc) is 3.08. The third kappa shape index (κ3) is 5.55. The molecule has 0 saturated carbocycles. The van der Waals surface area contributed by atoms with Gasteiger partial charge in [-0.25, -0.2) is 4.79 Å². The number of rotatable bonds is 7. The number of nitrogens with zero attached hydrogens (tertiary/aromatic N) is 1. The number of likely N-dealkylation sites (tertiary alicyclic amines) is 1. The molecule has 1 aliphatic rings. The number of nitrogens with one attached hydrogen (secondary N) is 2. The highest BCUT2D eigenvalue weighted by Crippen LogP contribution is 2.19. The van der Waals surface area contributed by atoms with Gasteiger partial charge in [0.25, 0.3) is 0 Å². The second-order valence-corrected chi connectivity index (χ2v) is 6.55. The van der Waals surface area contributed by atoms with Crippen LogP contribution in [0.4, 0.5) is 4.79 Å². The van der Waals surface area contributed by atoms with E-state index in [1.165, 1.54) is 19.1 Å². The third-order valence-corrected chi connectivity index (χ3v) is 4.40. The largest absolute Gasteiger partial charge is 0.466 e. The number of aliphatic hydroxyl groups is 1. The number of urea groups is 1. The Balaban J connectivity index is 1.68. The summed E-state index contributed by atoms with van der Waals surface area (Å²) in [5, 5.41) is 16.0. The molecule has 6 nitrogen and oxygen atoms in total. The van der Waals surface area contributed by atoms with Crippen LogP contribution in [0, 0.1) is 0 Å². The Morgan fingerprint density at radius 3 is 2.83 bits per heavy atom. The first-order chi connectivity index (χ1) is 11.0. The number of carbonyl (C=O) groups is 1. The summed E-state index contributed by atoms with van der Waals surface area (Å²) in [6.45, 7) is 7.17. The molecule has 1 fully saturated rings. The lowest BCUT2D eigenvalue weighted by atomic mass is 10.0. The van der Waals surface area contributed by atoms with Crippen LogP contribution in [-0.2, 0) is 5.60 Å². The Hall–Kier alpha value is -1.53. The summed E-state index contributed by atoms with van der Waals surface area (Å²) in [5.74, 6) is 0.446. The number of hydrogen-bond acceptors (Lipinski definition) is 4. The van der Waals surface area contributed by atoms with Gasteiger partial charge in [-0.05, 0) is 44.9 Å². The van der Waals surface area contributed by atoms with Crippen LogP contribution in [0.3, 0.4) is 0 Å². The first-order valence-corrected chi connectivity index (χ1v) is 8.54. The molecule has 0 spiro atoms. The smallest absolute Gasteiger partial charge is 0.315 e. The monoisotopic (exact) mass is 323 g/mol. The van der Waals surface area contributed by atoms with Crippen LogP contribution in [-0.4, -0.2) is 48.3 Å². The van der Waals surface area contributed by atoms with Gasteiger partial charge in [0.1, 0.15) is 11.4 Å². The molecule has 2 heterocycles. The van der Waals surface area contributed by atoms with Gasteiger partial charge < -0.3 is 25.1 Å². The molecule has 1 aromatic rings. The molecule has 130 valence electrons. The lowest BCUT2D eigenvalue weighted by Gasteiger charge is -2.32. The minimum absolute atomic E-state index is 0.113. The topological polar surface area (TPSA) is 77.7 Å². The number of furan rings is 1. The van der Waals surface area contributed by atoms with Gasteiger partial charge in [-0.2, -0.15) is 0 Å². The van der Waals surface area contributed by atoms with Crippen molar-refractivity contribution >= 4 is 6.03 Å². The zero-order valence-electron chi connectivity index (χ0n) is 14.2. The predicted octanol–water partition coefficient (Wildman–Crippen LogP) is 2.05. The van der Waals surface area contributed by atoms with E-state index in [4.69, 9.17) is 4.42 Å². The van der Waals surface area contributed by atoms with E-state index < -0.39 is 5.60 Å². The van der Waals surface area contributed by atoms with E-state index in [0.717, 1.165) is 32.5 Å². The number of amides is 2. The third-order valence-electron chi connectivity index (χ3n) is 4.40. The van der Waals surface area contributed by atoms with Gasteiger partial charge in [0.2, 0.25) is 0 Å². The van der Waals surface area contributed by atoms with Gasteiger partial charge >= 0.3 is 6.03 Å². The fourth-order valence-electron chi connectivity index (χ4n) is 2.84. The van der Waals surface area contributed by atoms with Crippen molar-refractivity contribution in [3.63, 3.8) is 0 Å². The normalized spacial score (nSPS) is 19.3. The van der Waals surface area contributed by atoms with Crippen LogP contribution in [0.5, 0.6) is 0 Å². The number of hydrogen-bond donors (Lipinski definition) is 3. The van der Waals surface area contributed by atoms with Gasteiger partial charge in [-0.3, -0.25) is 0 Å². The molecule has 23 heavy (non-hydrogen) atoms. The summed E-state index contributed by atoms with van der Waals surface area (Å²) in [5.41, 5.74) is -1.20. The Kier molecular flexibility index (Phi) is 6.47. The molecule has 6 heteroatoms. The van der Waals surface area contributed by atoms with Crippen molar-refractivity contribution in [2.24, 2.45) is 0 Å². The van der Waals surface area contributed by atoms with Gasteiger partial charge in [0.15, 0.2) is 0 Å². The SMILES string of the molecule is CCCCN1CCC(NC(=O)NCC(C)(O)c2ccco2)CC1. The highest BCUT2D eigenvalue weighted by atomic mass is 16.4. The average molecular weight is 323 g/mol. The van der Waals surface area contributed by atoms with Crippen molar-refractivity contribution in [2.75, 3.05) is 26.2 Å². The first kappa shape index (κ1) is 17.8. The summed E-state index contributed by atoms with van der Waals surface area (Å²) < 4.78 is 5.20. The molecule has 1 aliphatic heterocycles. The van der Waals surface area contributed by atoms with Crippen molar-refractivity contribution in [1.82, 2.24) is 15.5 Å². The van der Waals surface area contributed by atoms with E-state index in [9.17, 15) is 9.90 Å². The Morgan fingerprint density at radius 2 is 2.22 bits per heavy atom. The van der Waals surface area contributed by atoms with Crippen molar-refractivity contribution in [1.29, 1.82) is 0 Å². The summed E-state index contributed by atoms with van der Waals surface area (Å²) in [7, 11) is 0. The van der Waals surface area contributed by atoms with Crippen LogP contribution in [0.1, 0.15) is 45.3 Å². The fraction of sp³-hybridized carbons (Fsp3) is 0.706. The molecule has 0 aliphatic carbocycles. The second kappa shape index (κ2) is 8.36. The molecule has 1 saturated heterocycles. The Morgan fingerprint density at radius 1 is 1.48 bits per heavy atom. The van der Waals surface area contributed by atoms with Crippen LogP contribution < -0.4 is 10.6 Å². The van der Waals surface area contributed by atoms with E-state index in [1.54, 1.807) is 19.1 Å². The van der Waals surface area contributed by atoms with Crippen LogP contribution in [0.25, 0.3) is 0 Å². The van der Waals surface area contributed by atoms with Gasteiger partial charge in [0.05, 0.1) is 12.8 Å². The molecule has 1 aromatic heterocycles. The fourth-order valence-corrected chi connectivity index (χ4v) is 2.84. The van der Waals surface area contributed by atoms with Gasteiger partial charge in [-0.15, -0.1) is 0 Å². The van der Waals surface area contributed by atoms with Crippen LogP contribution >= 0.6 is 0 Å². The molecule has 1 atom stereocenters. The second-order valence-electron chi connectivity index (χ2n) is 6.55. The van der Waals surface area contributed by atoms with Gasteiger partial charge in [0, 0.05) is 19.1 Å². The van der Waals surface area contributed by atoms with Crippen LogP contribution in [0.15, 0.2) is 22.8 Å². The summed E-state index contributed by atoms with van der Waals surface area (Å²) in [6, 6.07) is 3.40. The molecule has 2 rings (SSSR count). The lowest BCUT2D eigenvalue weighted by molar-refractivity contribution is 0.0365. The number of unbranched alkanes of at least 4 members (excludes halogenated alkanes) is 1. The van der Waals surface area contributed by atoms with Crippen molar-refractivity contribution in [2.45, 2.75) is 51.2 Å². The minimum atomic E-state index is -1.20. The van der Waals surface area contributed by atoms with E-state index >= 15 is 0 Å². The summed E-state index contributed by atoms with van der Waals surface area (Å²) in [6.07, 6.45) is 5.92. The van der Waals surface area contributed by atoms with Crippen molar-refractivity contribution in [3.05, 3.63) is 24.2 Å². The molecular weight excluding hydrogens is 294 g/mol. The lowest BCUT2D eigenvalue weighted by Crippen LogP contribution is -2.50. The van der Waals surface area contributed by atoms with Crippen LogP contribution in [0.2, 0.25) is 0 Å². The summed E-state index contributed by atoms with van der Waals surface area (Å²) in [4.78, 5) is 14.5. The quantitative estimate of drug-likeness (QED) is 0.718. The molecule has 1 unspecified atom stereocenters. The first-order valence-electron chi connectivity index (χ1n) is 8.54. The standard InChI is InChI=1S/C17H29N3O3/c1-3-4-9-20-10-7-14(8-11-20)19-16(21)18-13-17(2,22)15-6-5-12-23-15/h5-6,12,14,22H,3-4,7-11,13H2,1-2H3,(H2,18,19,21). The Labute approximate surface area is 138 Å². The van der Waals surface area contributed by atoms with Crippen molar-refractivity contribution < 1.29 is 14.3 Å². The molecule has 0 aromatic carbocycles. The zero-order valence-corrected chi connectivity index (χ0v) is 14.2. The van der Waals surface area contributed by atoms with E-state index in [1.807, 2.05) is 0 Å². The van der Waals surface area contributed by atoms with Crippen molar-refractivity contribution in [3.8, 4) is 0 Å². The predicted molar refractivity (Wildman–Crippen MR) is 89.2 cm³/mol. The Bertz CT molecular complexity index is 465. The van der Waals surface area contributed by atoms with E-state index in [0.29, 0.717) is 5.76 Å². The molecule has 3 N–H and O–H groups in total. The highest BCUT2D eigenvalue weighted by Gasteiger charge is 2.27. The maximum absolute atomic E-state index is 12.0.